The number of rotatable bonds is 5. The van der Waals surface area contributed by atoms with Gasteiger partial charge in [0.25, 0.3) is 0 Å². The molecular formula is C21H22O2. The van der Waals surface area contributed by atoms with Gasteiger partial charge in [0.1, 0.15) is 5.78 Å². The molecule has 0 aliphatic heterocycles. The molecule has 0 heterocycles. The van der Waals surface area contributed by atoms with Gasteiger partial charge in [-0.25, -0.2) is 0 Å². The van der Waals surface area contributed by atoms with Gasteiger partial charge in [0, 0.05) is 30.2 Å². The molecule has 2 nitrogen and oxygen atoms in total. The lowest BCUT2D eigenvalue weighted by Gasteiger charge is -2.29. The molecule has 2 atom stereocenters. The van der Waals surface area contributed by atoms with E-state index in [0.29, 0.717) is 18.6 Å². The molecule has 0 N–H and O–H groups in total. The number of hydrogen-bond acceptors (Lipinski definition) is 2. The van der Waals surface area contributed by atoms with Gasteiger partial charge in [-0.15, -0.1) is 0 Å². The van der Waals surface area contributed by atoms with Crippen LogP contribution in [0.4, 0.5) is 0 Å². The fourth-order valence-electron chi connectivity index (χ4n) is 3.57. The highest BCUT2D eigenvalue weighted by Crippen LogP contribution is 2.37. The summed E-state index contributed by atoms with van der Waals surface area (Å²) in [6.45, 7) is 0. The Bertz CT molecular complexity index is 661. The largest absolute Gasteiger partial charge is 0.299 e. The van der Waals surface area contributed by atoms with E-state index in [1.54, 1.807) is 0 Å². The molecule has 2 aromatic rings. The van der Waals surface area contributed by atoms with E-state index in [1.807, 2.05) is 60.7 Å². The summed E-state index contributed by atoms with van der Waals surface area (Å²) >= 11 is 0. The van der Waals surface area contributed by atoms with Gasteiger partial charge in [0.2, 0.25) is 0 Å². The third kappa shape index (κ3) is 3.76. The summed E-state index contributed by atoms with van der Waals surface area (Å²) in [6.07, 6.45) is 4.04. The maximum absolute atomic E-state index is 12.7. The molecule has 2 heteroatoms. The molecule has 1 fully saturated rings. The van der Waals surface area contributed by atoms with Crippen LogP contribution < -0.4 is 0 Å². The zero-order valence-corrected chi connectivity index (χ0v) is 13.3. The lowest BCUT2D eigenvalue weighted by molar-refractivity contribution is -0.125. The number of carbonyl (C=O) groups is 2. The van der Waals surface area contributed by atoms with Crippen molar-refractivity contribution in [3.8, 4) is 0 Å². The summed E-state index contributed by atoms with van der Waals surface area (Å²) in [6, 6.07) is 19.4. The maximum Gasteiger partial charge on any atom is 0.163 e. The molecule has 23 heavy (non-hydrogen) atoms. The molecule has 0 amide bonds. The highest BCUT2D eigenvalue weighted by atomic mass is 16.1. The van der Waals surface area contributed by atoms with E-state index in [4.69, 9.17) is 0 Å². The molecule has 2 aromatic carbocycles. The van der Waals surface area contributed by atoms with Crippen molar-refractivity contribution in [1.29, 1.82) is 0 Å². The number of hydrogen-bond donors (Lipinski definition) is 0. The van der Waals surface area contributed by atoms with E-state index in [0.717, 1.165) is 30.4 Å². The van der Waals surface area contributed by atoms with Crippen LogP contribution in [0.3, 0.4) is 0 Å². The lowest BCUT2D eigenvalue weighted by atomic mass is 9.73. The van der Waals surface area contributed by atoms with Crippen LogP contribution in [0.2, 0.25) is 0 Å². The van der Waals surface area contributed by atoms with Crippen molar-refractivity contribution in [2.75, 3.05) is 0 Å². The van der Waals surface area contributed by atoms with Gasteiger partial charge in [0.15, 0.2) is 5.78 Å². The van der Waals surface area contributed by atoms with Crippen LogP contribution in [0.1, 0.15) is 53.9 Å². The van der Waals surface area contributed by atoms with E-state index in [9.17, 15) is 9.59 Å². The molecule has 0 radical (unpaired) electrons. The van der Waals surface area contributed by atoms with E-state index in [1.165, 1.54) is 0 Å². The van der Waals surface area contributed by atoms with E-state index < -0.39 is 0 Å². The molecule has 0 bridgehead atoms. The van der Waals surface area contributed by atoms with Crippen molar-refractivity contribution < 1.29 is 9.59 Å². The van der Waals surface area contributed by atoms with Gasteiger partial charge < -0.3 is 0 Å². The molecule has 1 saturated carbocycles. The minimum absolute atomic E-state index is 0.00305. The third-order valence-electron chi connectivity index (χ3n) is 4.82. The summed E-state index contributed by atoms with van der Waals surface area (Å²) in [7, 11) is 0. The minimum Gasteiger partial charge on any atom is -0.299 e. The summed E-state index contributed by atoms with van der Waals surface area (Å²) in [5.41, 5.74) is 1.84. The molecule has 0 spiro atoms. The zero-order valence-electron chi connectivity index (χ0n) is 13.3. The molecule has 2 unspecified atom stereocenters. The molecule has 0 aromatic heterocycles. The van der Waals surface area contributed by atoms with Crippen LogP contribution in [-0.2, 0) is 4.79 Å². The summed E-state index contributed by atoms with van der Waals surface area (Å²) in [4.78, 5) is 25.1. The molecule has 0 saturated heterocycles. The van der Waals surface area contributed by atoms with Gasteiger partial charge in [-0.05, 0) is 18.4 Å². The minimum atomic E-state index is -0.0150. The zero-order chi connectivity index (χ0) is 16.1. The van der Waals surface area contributed by atoms with Crippen LogP contribution in [0, 0.1) is 5.92 Å². The standard InChI is InChI=1S/C21H22O2/c22-20-14-8-7-13-18(20)19(16-9-3-1-4-10-16)15-21(23)17-11-5-2-6-12-17/h1-6,9-12,18-19H,7-8,13-15H2. The number of carbonyl (C=O) groups excluding carboxylic acids is 2. The van der Waals surface area contributed by atoms with Crippen molar-refractivity contribution in [2.45, 2.75) is 38.0 Å². The first kappa shape index (κ1) is 15.7. The SMILES string of the molecule is O=C(CC(c1ccccc1)C1CCCCC1=O)c1ccccc1. The highest BCUT2D eigenvalue weighted by Gasteiger charge is 2.32. The average Bonchev–Trinajstić information content (AvgIpc) is 2.62. The second-order valence-corrected chi connectivity index (χ2v) is 6.33. The Balaban J connectivity index is 1.86. The van der Waals surface area contributed by atoms with Gasteiger partial charge in [0.05, 0.1) is 0 Å². The van der Waals surface area contributed by atoms with E-state index >= 15 is 0 Å². The predicted octanol–water partition coefficient (Wildman–Crippen LogP) is 4.80. The van der Waals surface area contributed by atoms with Crippen LogP contribution in [0.25, 0.3) is 0 Å². The molecular weight excluding hydrogens is 284 g/mol. The van der Waals surface area contributed by atoms with Crippen molar-refractivity contribution in [3.05, 3.63) is 71.8 Å². The molecule has 3 rings (SSSR count). The fraction of sp³-hybridized carbons (Fsp3) is 0.333. The number of Topliss-reactive ketones (excluding diaryl/α,β-unsaturated/α-hetero) is 2. The predicted molar refractivity (Wildman–Crippen MR) is 91.5 cm³/mol. The average molecular weight is 306 g/mol. The van der Waals surface area contributed by atoms with Crippen molar-refractivity contribution in [2.24, 2.45) is 5.92 Å². The maximum atomic E-state index is 12.7. The molecule has 1 aliphatic rings. The van der Waals surface area contributed by atoms with E-state index in [2.05, 4.69) is 0 Å². The first-order valence-corrected chi connectivity index (χ1v) is 8.41. The Morgan fingerprint density at radius 2 is 1.61 bits per heavy atom. The first-order valence-electron chi connectivity index (χ1n) is 8.41. The van der Waals surface area contributed by atoms with Crippen molar-refractivity contribution >= 4 is 11.6 Å². The van der Waals surface area contributed by atoms with Crippen LogP contribution in [0.5, 0.6) is 0 Å². The van der Waals surface area contributed by atoms with Gasteiger partial charge in [-0.1, -0.05) is 67.1 Å². The van der Waals surface area contributed by atoms with Crippen LogP contribution in [-0.4, -0.2) is 11.6 Å². The van der Waals surface area contributed by atoms with Gasteiger partial charge >= 0.3 is 0 Å². The summed E-state index contributed by atoms with van der Waals surface area (Å²) in [5.74, 6) is 0.430. The molecule has 1 aliphatic carbocycles. The Kier molecular flexibility index (Phi) is 5.02. The Morgan fingerprint density at radius 1 is 0.957 bits per heavy atom. The lowest BCUT2D eigenvalue weighted by Crippen LogP contribution is -2.27. The summed E-state index contributed by atoms with van der Waals surface area (Å²) < 4.78 is 0. The Hall–Kier alpha value is -2.22. The van der Waals surface area contributed by atoms with Crippen LogP contribution >= 0.6 is 0 Å². The molecule has 118 valence electrons. The van der Waals surface area contributed by atoms with Gasteiger partial charge in [-0.2, -0.15) is 0 Å². The van der Waals surface area contributed by atoms with Crippen molar-refractivity contribution in [1.82, 2.24) is 0 Å². The highest BCUT2D eigenvalue weighted by molar-refractivity contribution is 5.97. The topological polar surface area (TPSA) is 34.1 Å². The quantitative estimate of drug-likeness (QED) is 0.743. The monoisotopic (exact) mass is 306 g/mol. The number of ketones is 2. The first-order chi connectivity index (χ1) is 11.3. The van der Waals surface area contributed by atoms with Crippen LogP contribution in [0.15, 0.2) is 60.7 Å². The summed E-state index contributed by atoms with van der Waals surface area (Å²) in [5, 5.41) is 0. The second kappa shape index (κ2) is 7.36. The van der Waals surface area contributed by atoms with Gasteiger partial charge in [-0.3, -0.25) is 9.59 Å². The second-order valence-electron chi connectivity index (χ2n) is 6.33. The fourth-order valence-corrected chi connectivity index (χ4v) is 3.57. The Morgan fingerprint density at radius 3 is 2.26 bits per heavy atom. The normalized spacial score (nSPS) is 19.3. The van der Waals surface area contributed by atoms with E-state index in [-0.39, 0.29) is 17.6 Å². The van der Waals surface area contributed by atoms with Crippen molar-refractivity contribution in [3.63, 3.8) is 0 Å². The smallest absolute Gasteiger partial charge is 0.163 e. The third-order valence-corrected chi connectivity index (χ3v) is 4.82. The number of benzene rings is 2. The Labute approximate surface area is 137 Å².